The second kappa shape index (κ2) is 16.0. The summed E-state index contributed by atoms with van der Waals surface area (Å²) in [5.74, 6) is 0.0262. The quantitative estimate of drug-likeness (QED) is 0.273. The number of nitrogens with zero attached hydrogens (tertiary/aromatic N) is 4. The summed E-state index contributed by atoms with van der Waals surface area (Å²) in [7, 11) is 0. The van der Waals surface area contributed by atoms with Crippen LogP contribution in [0.5, 0.6) is 0 Å². The molecule has 1 aromatic rings. The number of rotatable bonds is 12. The van der Waals surface area contributed by atoms with Crippen LogP contribution in [-0.4, -0.2) is 64.9 Å². The molecular weight excluding hydrogens is 505 g/mol. The van der Waals surface area contributed by atoms with Gasteiger partial charge in [0.25, 0.3) is 0 Å². The molecule has 1 amide bonds. The van der Waals surface area contributed by atoms with E-state index in [2.05, 4.69) is 45.4 Å². The number of anilines is 2. The predicted octanol–water partition coefficient (Wildman–Crippen LogP) is 6.94. The summed E-state index contributed by atoms with van der Waals surface area (Å²) in [6, 6.07) is 0. The Balaban J connectivity index is 0.00000260. The van der Waals surface area contributed by atoms with Crippen molar-refractivity contribution in [3.63, 3.8) is 0 Å². The normalized spacial score (nSPS) is 17.5. The minimum atomic E-state index is -4.57. The number of halogens is 3. The Morgan fingerprint density at radius 2 is 1.74 bits per heavy atom. The summed E-state index contributed by atoms with van der Waals surface area (Å²) >= 11 is 0. The molecule has 2 N–H and O–H groups in total. The molecule has 1 aromatic heterocycles. The summed E-state index contributed by atoms with van der Waals surface area (Å²) < 4.78 is 41.0. The Labute approximate surface area is 233 Å². The van der Waals surface area contributed by atoms with Crippen LogP contribution in [0.25, 0.3) is 0 Å². The lowest BCUT2D eigenvalue weighted by Gasteiger charge is -2.33. The van der Waals surface area contributed by atoms with Gasteiger partial charge in [-0.1, -0.05) is 47.1 Å². The van der Waals surface area contributed by atoms with Crippen molar-refractivity contribution >= 4 is 17.7 Å². The zero-order valence-corrected chi connectivity index (χ0v) is 24.6. The molecular formula is C29H49F3N6O. The highest BCUT2D eigenvalue weighted by Crippen LogP contribution is 2.35. The fourth-order valence-electron chi connectivity index (χ4n) is 4.94. The molecule has 2 saturated heterocycles. The molecule has 0 atom stereocenters. The Morgan fingerprint density at radius 1 is 1.05 bits per heavy atom. The van der Waals surface area contributed by atoms with E-state index >= 15 is 0 Å². The summed E-state index contributed by atoms with van der Waals surface area (Å²) in [5, 5.41) is 6.09. The topological polar surface area (TPSA) is 73.4 Å². The number of carbonyl (C=O) groups is 1. The lowest BCUT2D eigenvalue weighted by molar-refractivity contribution is -0.137. The maximum atomic E-state index is 13.7. The van der Waals surface area contributed by atoms with Crippen LogP contribution in [0.1, 0.15) is 98.0 Å². The molecule has 0 aliphatic carbocycles. The number of hydrogen-bond acceptors (Lipinski definition) is 6. The van der Waals surface area contributed by atoms with Crippen molar-refractivity contribution < 1.29 is 18.0 Å². The van der Waals surface area contributed by atoms with Gasteiger partial charge < -0.3 is 20.4 Å². The van der Waals surface area contributed by atoms with Crippen LogP contribution in [0, 0.1) is 5.41 Å². The van der Waals surface area contributed by atoms with E-state index in [0.717, 1.165) is 57.2 Å². The van der Waals surface area contributed by atoms with Crippen LogP contribution in [-0.2, 0) is 11.0 Å². The SMILES string of the molecule is CC.CC/C=C(/Nc1ncc(C(F)(F)F)c(NCCCN2CCCCC2=O)n1)C(C)(C)CCN1CCCCC1. The molecule has 0 saturated carbocycles. The van der Waals surface area contributed by atoms with Crippen molar-refractivity contribution in [1.29, 1.82) is 0 Å². The highest BCUT2D eigenvalue weighted by Gasteiger charge is 2.35. The number of hydrogen-bond donors (Lipinski definition) is 2. The number of amides is 1. The Bertz CT molecular complexity index is 913. The number of allylic oxidation sites excluding steroid dienone is 2. The zero-order valence-electron chi connectivity index (χ0n) is 24.6. The Kier molecular flexibility index (Phi) is 13.5. The number of alkyl halides is 3. The summed E-state index contributed by atoms with van der Waals surface area (Å²) in [4.78, 5) is 24.5. The number of piperidine rings is 2. The van der Waals surface area contributed by atoms with Crippen molar-refractivity contribution in [1.82, 2.24) is 19.8 Å². The Hall–Kier alpha value is -2.36. The lowest BCUT2D eigenvalue weighted by atomic mass is 9.84. The molecule has 2 fully saturated rings. The molecule has 2 aliphatic heterocycles. The second-order valence-electron chi connectivity index (χ2n) is 10.8. The van der Waals surface area contributed by atoms with E-state index < -0.39 is 11.7 Å². The van der Waals surface area contributed by atoms with Crippen molar-refractivity contribution in [3.05, 3.63) is 23.5 Å². The van der Waals surface area contributed by atoms with Crippen LogP contribution >= 0.6 is 0 Å². The first-order valence-electron chi connectivity index (χ1n) is 14.8. The van der Waals surface area contributed by atoms with Gasteiger partial charge in [0, 0.05) is 43.4 Å². The average Bonchev–Trinajstić information content (AvgIpc) is 2.92. The van der Waals surface area contributed by atoms with Crippen LogP contribution in [0.2, 0.25) is 0 Å². The molecule has 10 heteroatoms. The second-order valence-corrected chi connectivity index (χ2v) is 10.8. The number of nitrogens with one attached hydrogen (secondary N) is 2. The summed E-state index contributed by atoms with van der Waals surface area (Å²) in [6.07, 6.45) is 6.79. The van der Waals surface area contributed by atoms with Crippen LogP contribution < -0.4 is 10.6 Å². The fraction of sp³-hybridized carbons (Fsp3) is 0.759. The van der Waals surface area contributed by atoms with Crippen molar-refractivity contribution in [2.45, 2.75) is 98.6 Å². The predicted molar refractivity (Wildman–Crippen MR) is 153 cm³/mol. The molecule has 3 rings (SSSR count). The van der Waals surface area contributed by atoms with Gasteiger partial charge in [0.1, 0.15) is 11.4 Å². The van der Waals surface area contributed by atoms with E-state index in [-0.39, 0.29) is 29.6 Å². The third-order valence-corrected chi connectivity index (χ3v) is 7.30. The van der Waals surface area contributed by atoms with Gasteiger partial charge in [0.2, 0.25) is 11.9 Å². The minimum Gasteiger partial charge on any atom is -0.369 e. The molecule has 39 heavy (non-hydrogen) atoms. The standard InChI is InChI=1S/C27H43F3N6O.C2H6/c1-4-11-22(26(2,3)13-19-35-15-7-5-8-16-35)33-25-32-20-21(27(28,29)30)24(34-25)31-14-10-18-36-17-9-6-12-23(36)37;1-2/h11,20H,4-10,12-19H2,1-3H3,(H2,31,32,33,34);1-2H3/b22-11+;. The van der Waals surface area contributed by atoms with E-state index in [1.165, 1.54) is 19.3 Å². The van der Waals surface area contributed by atoms with Gasteiger partial charge in [-0.15, -0.1) is 0 Å². The first-order chi connectivity index (χ1) is 18.6. The zero-order chi connectivity index (χ0) is 28.9. The van der Waals surface area contributed by atoms with E-state index in [9.17, 15) is 18.0 Å². The van der Waals surface area contributed by atoms with Crippen LogP contribution in [0.3, 0.4) is 0 Å². The average molecular weight is 555 g/mol. The molecule has 2 aliphatic rings. The lowest BCUT2D eigenvalue weighted by Crippen LogP contribution is -2.36. The number of likely N-dealkylation sites (tertiary alicyclic amines) is 2. The van der Waals surface area contributed by atoms with Gasteiger partial charge in [0.15, 0.2) is 0 Å². The third-order valence-electron chi connectivity index (χ3n) is 7.30. The molecule has 0 aromatic carbocycles. The molecule has 222 valence electrons. The van der Waals surface area contributed by atoms with Crippen molar-refractivity contribution in [3.8, 4) is 0 Å². The van der Waals surface area contributed by atoms with Crippen molar-refractivity contribution in [2.75, 3.05) is 49.9 Å². The highest BCUT2D eigenvalue weighted by atomic mass is 19.4. The monoisotopic (exact) mass is 554 g/mol. The van der Waals surface area contributed by atoms with E-state index in [0.29, 0.717) is 25.9 Å². The largest absolute Gasteiger partial charge is 0.421 e. The highest BCUT2D eigenvalue weighted by molar-refractivity contribution is 5.76. The van der Waals surface area contributed by atoms with E-state index in [4.69, 9.17) is 0 Å². The molecule has 0 radical (unpaired) electrons. The summed E-state index contributed by atoms with van der Waals surface area (Å²) in [6.45, 7) is 15.1. The smallest absolute Gasteiger partial charge is 0.369 e. The number of carbonyl (C=O) groups excluding carboxylic acids is 1. The van der Waals surface area contributed by atoms with Gasteiger partial charge in [-0.05, 0) is 64.6 Å². The van der Waals surface area contributed by atoms with E-state index in [1.807, 2.05) is 20.8 Å². The molecule has 0 unspecified atom stereocenters. The summed E-state index contributed by atoms with van der Waals surface area (Å²) in [5.41, 5.74) is -0.188. The van der Waals surface area contributed by atoms with Crippen LogP contribution in [0.15, 0.2) is 18.0 Å². The first-order valence-corrected chi connectivity index (χ1v) is 14.8. The van der Waals surface area contributed by atoms with Gasteiger partial charge >= 0.3 is 6.18 Å². The third kappa shape index (κ3) is 10.6. The van der Waals surface area contributed by atoms with Gasteiger partial charge in [-0.2, -0.15) is 18.2 Å². The maximum absolute atomic E-state index is 13.7. The molecule has 0 bridgehead atoms. The van der Waals surface area contributed by atoms with E-state index in [1.54, 1.807) is 4.90 Å². The molecule has 3 heterocycles. The van der Waals surface area contributed by atoms with Gasteiger partial charge in [0.05, 0.1) is 0 Å². The van der Waals surface area contributed by atoms with Crippen molar-refractivity contribution in [2.24, 2.45) is 5.41 Å². The van der Waals surface area contributed by atoms with Crippen LogP contribution in [0.4, 0.5) is 24.9 Å². The Morgan fingerprint density at radius 3 is 2.38 bits per heavy atom. The minimum absolute atomic E-state index is 0.119. The number of aromatic nitrogens is 2. The van der Waals surface area contributed by atoms with Gasteiger partial charge in [-0.3, -0.25) is 4.79 Å². The van der Waals surface area contributed by atoms with Gasteiger partial charge in [-0.25, -0.2) is 4.98 Å². The molecule has 7 nitrogen and oxygen atoms in total. The first kappa shape index (κ1) is 32.8. The fourth-order valence-corrected chi connectivity index (χ4v) is 4.94. The molecule has 0 spiro atoms. The maximum Gasteiger partial charge on any atom is 0.421 e.